The van der Waals surface area contributed by atoms with Crippen LogP contribution in [0.4, 0.5) is 0 Å². The normalized spacial score (nSPS) is 12.9. The fourth-order valence-electron chi connectivity index (χ4n) is 1.20. The maximum atomic E-state index is 11.8. The van der Waals surface area contributed by atoms with Crippen molar-refractivity contribution in [3.8, 4) is 0 Å². The van der Waals surface area contributed by atoms with Crippen molar-refractivity contribution in [2.45, 2.75) is 24.2 Å². The summed E-state index contributed by atoms with van der Waals surface area (Å²) >= 11 is 3.25. The number of aliphatic carboxylic acids is 1. The Morgan fingerprint density at radius 2 is 1.82 bits per heavy atom. The number of alkyl halides is 1. The maximum absolute atomic E-state index is 11.8. The van der Waals surface area contributed by atoms with E-state index in [-0.39, 0.29) is 5.91 Å². The van der Waals surface area contributed by atoms with Crippen molar-refractivity contribution in [3.05, 3.63) is 35.9 Å². The third kappa shape index (κ3) is 3.56. The Morgan fingerprint density at radius 3 is 2.29 bits per heavy atom. The Bertz CT molecular complexity index is 417. The highest BCUT2D eigenvalue weighted by Gasteiger charge is 2.31. The van der Waals surface area contributed by atoms with Gasteiger partial charge < -0.3 is 10.4 Å². The second kappa shape index (κ2) is 5.31. The van der Waals surface area contributed by atoms with Crippen LogP contribution in [-0.4, -0.2) is 22.5 Å². The summed E-state index contributed by atoms with van der Waals surface area (Å²) in [5.41, 5.74) is -0.496. The van der Waals surface area contributed by atoms with E-state index in [0.717, 1.165) is 5.56 Å². The van der Waals surface area contributed by atoms with Crippen molar-refractivity contribution in [1.82, 2.24) is 5.32 Å². The zero-order valence-corrected chi connectivity index (χ0v) is 11.2. The number of hydrogen-bond acceptors (Lipinski definition) is 2. The number of halogens is 1. The highest BCUT2D eigenvalue weighted by Crippen LogP contribution is 2.23. The molecule has 0 heterocycles. The number of carbonyl (C=O) groups is 2. The summed E-state index contributed by atoms with van der Waals surface area (Å²) in [4.78, 5) is 22.2. The number of rotatable bonds is 4. The van der Waals surface area contributed by atoms with Crippen LogP contribution in [0.5, 0.6) is 0 Å². The Morgan fingerprint density at radius 1 is 1.29 bits per heavy atom. The molecule has 1 atom stereocenters. The molecule has 1 unspecified atom stereocenters. The molecule has 2 N–H and O–H groups in total. The third-order valence-electron chi connectivity index (χ3n) is 2.29. The molecule has 0 saturated heterocycles. The first-order valence-electron chi connectivity index (χ1n) is 5.09. The molecule has 0 fully saturated rings. The molecular formula is C12H14BrNO3. The first-order chi connectivity index (χ1) is 7.84. The van der Waals surface area contributed by atoms with Crippen LogP contribution in [0.3, 0.4) is 0 Å². The van der Waals surface area contributed by atoms with Crippen LogP contribution in [0.25, 0.3) is 0 Å². The molecular weight excluding hydrogens is 286 g/mol. The largest absolute Gasteiger partial charge is 0.480 e. The van der Waals surface area contributed by atoms with Crippen molar-refractivity contribution in [1.29, 1.82) is 0 Å². The number of hydrogen-bond donors (Lipinski definition) is 2. The predicted octanol–water partition coefficient (Wildman–Crippen LogP) is 2.10. The Balaban J connectivity index is 2.75. The van der Waals surface area contributed by atoms with E-state index in [9.17, 15) is 9.59 Å². The fourth-order valence-corrected chi connectivity index (χ4v) is 1.62. The summed E-state index contributed by atoms with van der Waals surface area (Å²) < 4.78 is 0. The monoisotopic (exact) mass is 299 g/mol. The number of carbonyl (C=O) groups excluding carboxylic acids is 1. The fraction of sp³-hybridized carbons (Fsp3) is 0.333. The van der Waals surface area contributed by atoms with Crippen LogP contribution in [0, 0.1) is 0 Å². The predicted molar refractivity (Wildman–Crippen MR) is 68.0 cm³/mol. The highest BCUT2D eigenvalue weighted by molar-refractivity contribution is 9.09. The second-order valence-corrected chi connectivity index (χ2v) is 5.11. The molecule has 0 radical (unpaired) electrons. The first-order valence-corrected chi connectivity index (χ1v) is 6.00. The lowest BCUT2D eigenvalue weighted by atomic mass is 10.1. The number of carboxylic acid groups (broad SMARTS) is 1. The van der Waals surface area contributed by atoms with Gasteiger partial charge in [-0.2, -0.15) is 0 Å². The molecule has 1 amide bonds. The van der Waals surface area contributed by atoms with E-state index in [1.165, 1.54) is 13.8 Å². The van der Waals surface area contributed by atoms with Gasteiger partial charge in [0.2, 0.25) is 5.91 Å². The van der Waals surface area contributed by atoms with Crippen molar-refractivity contribution < 1.29 is 14.7 Å². The molecule has 0 spiro atoms. The van der Waals surface area contributed by atoms with Crippen molar-refractivity contribution in [2.75, 3.05) is 0 Å². The average molecular weight is 300 g/mol. The molecule has 0 saturated carbocycles. The summed E-state index contributed by atoms with van der Waals surface area (Å²) in [6, 6.07) is 9.08. The number of amides is 1. The van der Waals surface area contributed by atoms with Crippen LogP contribution >= 0.6 is 15.9 Å². The number of carboxylic acids is 1. The van der Waals surface area contributed by atoms with E-state index in [1.54, 1.807) is 12.1 Å². The SMILES string of the molecule is CC(C)(NC(=O)C(Br)c1ccccc1)C(=O)O. The van der Waals surface area contributed by atoms with Crippen LogP contribution in [-0.2, 0) is 9.59 Å². The molecule has 1 aromatic rings. The zero-order chi connectivity index (χ0) is 13.1. The van der Waals surface area contributed by atoms with Crippen molar-refractivity contribution >= 4 is 27.8 Å². The molecule has 92 valence electrons. The molecule has 0 bridgehead atoms. The minimum Gasteiger partial charge on any atom is -0.480 e. The molecule has 1 aromatic carbocycles. The van der Waals surface area contributed by atoms with E-state index in [1.807, 2.05) is 18.2 Å². The minimum atomic E-state index is -1.28. The lowest BCUT2D eigenvalue weighted by Crippen LogP contribution is -2.50. The summed E-state index contributed by atoms with van der Waals surface area (Å²) in [5, 5.41) is 11.4. The van der Waals surface area contributed by atoms with E-state index in [2.05, 4.69) is 21.2 Å². The first kappa shape index (κ1) is 13.7. The molecule has 1 rings (SSSR count). The standard InChI is InChI=1S/C12H14BrNO3/c1-12(2,11(16)17)14-10(15)9(13)8-6-4-3-5-7-8/h3-7,9H,1-2H3,(H,14,15)(H,16,17). The van der Waals surface area contributed by atoms with E-state index in [4.69, 9.17) is 5.11 Å². The van der Waals surface area contributed by atoms with Gasteiger partial charge in [0.1, 0.15) is 10.4 Å². The number of nitrogens with one attached hydrogen (secondary N) is 1. The lowest BCUT2D eigenvalue weighted by molar-refractivity contribution is -0.145. The van der Waals surface area contributed by atoms with E-state index < -0.39 is 16.3 Å². The van der Waals surface area contributed by atoms with Crippen molar-refractivity contribution in [3.63, 3.8) is 0 Å². The number of benzene rings is 1. The van der Waals surface area contributed by atoms with Crippen LogP contribution in [0.2, 0.25) is 0 Å². The van der Waals surface area contributed by atoms with Gasteiger partial charge in [0.05, 0.1) is 0 Å². The van der Waals surface area contributed by atoms with E-state index >= 15 is 0 Å². The molecule has 0 aliphatic carbocycles. The quantitative estimate of drug-likeness (QED) is 0.837. The van der Waals surface area contributed by atoms with Crippen molar-refractivity contribution in [2.24, 2.45) is 0 Å². The molecule has 4 nitrogen and oxygen atoms in total. The minimum absolute atomic E-state index is 0.372. The van der Waals surface area contributed by atoms with Gasteiger partial charge in [0.15, 0.2) is 0 Å². The topological polar surface area (TPSA) is 66.4 Å². The average Bonchev–Trinajstić information content (AvgIpc) is 2.28. The van der Waals surface area contributed by atoms with Gasteiger partial charge in [-0.15, -0.1) is 0 Å². The smallest absolute Gasteiger partial charge is 0.328 e. The van der Waals surface area contributed by atoms with Gasteiger partial charge >= 0.3 is 5.97 Å². The van der Waals surface area contributed by atoms with Crippen LogP contribution in [0.15, 0.2) is 30.3 Å². The zero-order valence-electron chi connectivity index (χ0n) is 9.61. The Kier molecular flexibility index (Phi) is 4.28. The summed E-state index contributed by atoms with van der Waals surface area (Å²) in [5.74, 6) is -1.44. The van der Waals surface area contributed by atoms with Gasteiger partial charge in [-0.3, -0.25) is 4.79 Å². The van der Waals surface area contributed by atoms with Gasteiger partial charge in [0, 0.05) is 0 Å². The van der Waals surface area contributed by atoms with Gasteiger partial charge in [0.25, 0.3) is 0 Å². The highest BCUT2D eigenvalue weighted by atomic mass is 79.9. The molecule has 5 heteroatoms. The van der Waals surface area contributed by atoms with E-state index in [0.29, 0.717) is 0 Å². The molecule has 0 aliphatic rings. The van der Waals surface area contributed by atoms with Gasteiger partial charge in [-0.25, -0.2) is 4.79 Å². The Labute approximate surface area is 108 Å². The second-order valence-electron chi connectivity index (χ2n) is 4.19. The molecule has 0 aromatic heterocycles. The van der Waals surface area contributed by atoms with Crippen LogP contribution in [0.1, 0.15) is 24.2 Å². The summed E-state index contributed by atoms with van der Waals surface area (Å²) in [7, 11) is 0. The van der Waals surface area contributed by atoms with Crippen LogP contribution < -0.4 is 5.32 Å². The third-order valence-corrected chi connectivity index (χ3v) is 3.24. The molecule has 17 heavy (non-hydrogen) atoms. The molecule has 0 aliphatic heterocycles. The summed E-state index contributed by atoms with van der Waals surface area (Å²) in [6.07, 6.45) is 0. The Hall–Kier alpha value is -1.36. The summed E-state index contributed by atoms with van der Waals surface area (Å²) in [6.45, 7) is 2.88. The van der Waals surface area contributed by atoms with Gasteiger partial charge in [-0.1, -0.05) is 46.3 Å². The maximum Gasteiger partial charge on any atom is 0.328 e. The van der Waals surface area contributed by atoms with Gasteiger partial charge in [-0.05, 0) is 19.4 Å². The lowest BCUT2D eigenvalue weighted by Gasteiger charge is -2.22.